The highest BCUT2D eigenvalue weighted by molar-refractivity contribution is 8.13. The van der Waals surface area contributed by atoms with Gasteiger partial charge in [0.2, 0.25) is 11.0 Å². The molecule has 1 atom stereocenters. The third-order valence-electron chi connectivity index (χ3n) is 3.68. The van der Waals surface area contributed by atoms with Gasteiger partial charge in [0.15, 0.2) is 0 Å². The van der Waals surface area contributed by atoms with E-state index < -0.39 is 11.9 Å². The molecule has 1 amide bonds. The van der Waals surface area contributed by atoms with Crippen molar-refractivity contribution < 1.29 is 19.5 Å². The van der Waals surface area contributed by atoms with Crippen LogP contribution in [-0.2, 0) is 16.0 Å². The Bertz CT molecular complexity index is 780. The molecule has 0 aliphatic carbocycles. The van der Waals surface area contributed by atoms with Crippen LogP contribution in [0.25, 0.3) is 0 Å². The molecule has 2 aromatic carbocycles. The minimum Gasteiger partial charge on any atom is -0.478 e. The zero-order chi connectivity index (χ0) is 18.9. The monoisotopic (exact) mass is 372 g/mol. The van der Waals surface area contributed by atoms with E-state index in [4.69, 9.17) is 10.8 Å². The van der Waals surface area contributed by atoms with Crippen LogP contribution < -0.4 is 11.1 Å². The Morgan fingerprint density at radius 1 is 1.08 bits per heavy atom. The second kappa shape index (κ2) is 9.74. The number of anilines is 1. The molecule has 2 rings (SSSR count). The van der Waals surface area contributed by atoms with Crippen molar-refractivity contribution in [3.05, 3.63) is 65.7 Å². The molecule has 0 heterocycles. The number of benzene rings is 2. The summed E-state index contributed by atoms with van der Waals surface area (Å²) in [5.74, 6) is -1.49. The molecule has 0 radical (unpaired) electrons. The number of thioether (sulfide) groups is 1. The van der Waals surface area contributed by atoms with Gasteiger partial charge in [-0.25, -0.2) is 4.79 Å². The van der Waals surface area contributed by atoms with Crippen LogP contribution in [0.4, 0.5) is 5.69 Å². The van der Waals surface area contributed by atoms with E-state index in [1.807, 2.05) is 30.3 Å². The van der Waals surface area contributed by atoms with Gasteiger partial charge in [-0.3, -0.25) is 9.59 Å². The predicted octanol–water partition coefficient (Wildman–Crippen LogP) is 2.40. The molecule has 1 unspecified atom stereocenters. The molecule has 0 saturated heterocycles. The van der Waals surface area contributed by atoms with Crippen LogP contribution >= 0.6 is 11.8 Å². The van der Waals surface area contributed by atoms with Gasteiger partial charge in [-0.05, 0) is 30.2 Å². The van der Waals surface area contributed by atoms with Gasteiger partial charge in [0.25, 0.3) is 0 Å². The number of aromatic carboxylic acids is 1. The third-order valence-corrected chi connectivity index (χ3v) is 4.74. The number of hydrogen-bond acceptors (Lipinski definition) is 5. The Hall–Kier alpha value is -2.64. The van der Waals surface area contributed by atoms with E-state index in [-0.39, 0.29) is 23.1 Å². The highest BCUT2D eigenvalue weighted by Gasteiger charge is 2.21. The van der Waals surface area contributed by atoms with Crippen molar-refractivity contribution in [2.75, 3.05) is 17.6 Å². The van der Waals surface area contributed by atoms with Gasteiger partial charge in [0.1, 0.15) is 0 Å². The number of nitrogens with one attached hydrogen (secondary N) is 1. The maximum Gasteiger partial charge on any atom is 0.335 e. The van der Waals surface area contributed by atoms with Crippen molar-refractivity contribution in [3.63, 3.8) is 0 Å². The summed E-state index contributed by atoms with van der Waals surface area (Å²) in [5, 5.41) is 11.6. The first-order valence-electron chi connectivity index (χ1n) is 8.03. The van der Waals surface area contributed by atoms with E-state index in [1.165, 1.54) is 12.1 Å². The zero-order valence-electron chi connectivity index (χ0n) is 14.1. The Morgan fingerprint density at radius 2 is 1.81 bits per heavy atom. The van der Waals surface area contributed by atoms with Crippen LogP contribution in [0.5, 0.6) is 0 Å². The Labute approximate surface area is 155 Å². The van der Waals surface area contributed by atoms with Crippen LogP contribution in [0.1, 0.15) is 15.9 Å². The number of amides is 1. The summed E-state index contributed by atoms with van der Waals surface area (Å²) in [6, 6.07) is 15.6. The fourth-order valence-electron chi connectivity index (χ4n) is 2.35. The molecule has 26 heavy (non-hydrogen) atoms. The molecule has 0 aliphatic rings. The van der Waals surface area contributed by atoms with Gasteiger partial charge >= 0.3 is 5.97 Å². The summed E-state index contributed by atoms with van der Waals surface area (Å²) >= 11 is 1.03. The summed E-state index contributed by atoms with van der Waals surface area (Å²) in [5.41, 5.74) is 6.81. The second-order valence-electron chi connectivity index (χ2n) is 5.65. The Morgan fingerprint density at radius 3 is 2.46 bits per heavy atom. The maximum atomic E-state index is 12.7. The Kier molecular flexibility index (Phi) is 7.37. The average Bonchev–Trinajstić information content (AvgIpc) is 2.65. The molecular formula is C19H20N2O4S. The van der Waals surface area contributed by atoms with Gasteiger partial charge in [-0.15, -0.1) is 0 Å². The van der Waals surface area contributed by atoms with Crippen LogP contribution in [0.2, 0.25) is 0 Å². The van der Waals surface area contributed by atoms with Crippen LogP contribution in [0.3, 0.4) is 0 Å². The highest BCUT2D eigenvalue weighted by Crippen LogP contribution is 2.19. The minimum absolute atomic E-state index is 0.0784. The van der Waals surface area contributed by atoms with Gasteiger partial charge < -0.3 is 16.2 Å². The molecule has 0 spiro atoms. The van der Waals surface area contributed by atoms with E-state index in [9.17, 15) is 14.4 Å². The summed E-state index contributed by atoms with van der Waals surface area (Å²) in [6.07, 6.45) is 0.468. The minimum atomic E-state index is -1.06. The SMILES string of the molecule is NCC(=O)SCC(Cc1ccccc1)C(=O)Nc1cccc(C(=O)O)c1. The molecule has 0 fully saturated rings. The lowest BCUT2D eigenvalue weighted by atomic mass is 10.00. The molecule has 0 aromatic heterocycles. The summed E-state index contributed by atoms with van der Waals surface area (Å²) in [6.45, 7) is -0.0784. The number of carboxylic acid groups (broad SMARTS) is 1. The summed E-state index contributed by atoms with van der Waals surface area (Å²) < 4.78 is 0. The van der Waals surface area contributed by atoms with Crippen LogP contribution in [-0.4, -0.2) is 34.4 Å². The number of carbonyl (C=O) groups is 3. The normalized spacial score (nSPS) is 11.6. The maximum absolute atomic E-state index is 12.7. The standard InChI is InChI=1S/C19H20N2O4S/c20-11-17(22)26-12-15(9-13-5-2-1-3-6-13)18(23)21-16-8-4-7-14(10-16)19(24)25/h1-8,10,15H,9,11-12,20H2,(H,21,23)(H,24,25). The van der Waals surface area contributed by atoms with Crippen molar-refractivity contribution in [2.45, 2.75) is 6.42 Å². The first kappa shape index (κ1) is 19.7. The van der Waals surface area contributed by atoms with Gasteiger partial charge in [0.05, 0.1) is 18.0 Å². The van der Waals surface area contributed by atoms with Crippen LogP contribution in [0.15, 0.2) is 54.6 Å². The molecule has 0 saturated carbocycles. The average molecular weight is 372 g/mol. The predicted molar refractivity (Wildman–Crippen MR) is 102 cm³/mol. The first-order valence-corrected chi connectivity index (χ1v) is 9.02. The number of carbonyl (C=O) groups excluding carboxylic acids is 2. The quantitative estimate of drug-likeness (QED) is 0.656. The highest BCUT2D eigenvalue weighted by atomic mass is 32.2. The summed E-state index contributed by atoms with van der Waals surface area (Å²) in [4.78, 5) is 35.3. The van der Waals surface area contributed by atoms with Crippen molar-refractivity contribution in [3.8, 4) is 0 Å². The Balaban J connectivity index is 2.12. The molecule has 6 nitrogen and oxygen atoms in total. The largest absolute Gasteiger partial charge is 0.478 e. The number of nitrogens with two attached hydrogens (primary N) is 1. The smallest absolute Gasteiger partial charge is 0.335 e. The number of carboxylic acids is 1. The van der Waals surface area contributed by atoms with Gasteiger partial charge in [-0.2, -0.15) is 0 Å². The van der Waals surface area contributed by atoms with Gasteiger partial charge in [-0.1, -0.05) is 48.2 Å². The molecule has 0 bridgehead atoms. The van der Waals surface area contributed by atoms with Crippen LogP contribution in [0, 0.1) is 5.92 Å². The van der Waals surface area contributed by atoms with Crippen molar-refractivity contribution in [1.29, 1.82) is 0 Å². The molecule has 2 aromatic rings. The summed E-state index contributed by atoms with van der Waals surface area (Å²) in [7, 11) is 0. The zero-order valence-corrected chi connectivity index (χ0v) is 14.9. The topological polar surface area (TPSA) is 109 Å². The molecule has 7 heteroatoms. The van der Waals surface area contributed by atoms with E-state index >= 15 is 0 Å². The van der Waals surface area contributed by atoms with Crippen molar-refractivity contribution >= 4 is 34.4 Å². The lowest BCUT2D eigenvalue weighted by Crippen LogP contribution is -2.27. The van der Waals surface area contributed by atoms with Crippen molar-refractivity contribution in [2.24, 2.45) is 11.7 Å². The fraction of sp³-hybridized carbons (Fsp3) is 0.211. The number of rotatable bonds is 8. The van der Waals surface area contributed by atoms with E-state index in [0.717, 1.165) is 17.3 Å². The lowest BCUT2D eigenvalue weighted by Gasteiger charge is -2.16. The van der Waals surface area contributed by atoms with Gasteiger partial charge in [0, 0.05) is 11.4 Å². The lowest BCUT2D eigenvalue weighted by molar-refractivity contribution is -0.119. The second-order valence-corrected chi connectivity index (χ2v) is 6.73. The third kappa shape index (κ3) is 6.02. The molecule has 136 valence electrons. The number of hydrogen-bond donors (Lipinski definition) is 3. The first-order chi connectivity index (χ1) is 12.5. The molecular weight excluding hydrogens is 352 g/mol. The van der Waals surface area contributed by atoms with Crippen molar-refractivity contribution in [1.82, 2.24) is 0 Å². The fourth-order valence-corrected chi connectivity index (χ4v) is 3.13. The molecule has 0 aliphatic heterocycles. The molecule has 4 N–H and O–H groups in total. The van der Waals surface area contributed by atoms with E-state index in [2.05, 4.69) is 5.32 Å². The van der Waals surface area contributed by atoms with E-state index in [0.29, 0.717) is 17.9 Å². The van der Waals surface area contributed by atoms with E-state index in [1.54, 1.807) is 12.1 Å².